The normalized spacial score (nSPS) is 20.7. The van der Waals surface area contributed by atoms with Gasteiger partial charge in [0.25, 0.3) is 5.91 Å². The Kier molecular flexibility index (Phi) is 6.82. The molecule has 0 radical (unpaired) electrons. The lowest BCUT2D eigenvalue weighted by atomic mass is 10.1. The van der Waals surface area contributed by atoms with Crippen molar-refractivity contribution in [1.82, 2.24) is 9.88 Å². The Bertz CT molecular complexity index is 1130. The highest BCUT2D eigenvalue weighted by Gasteiger charge is 2.38. The summed E-state index contributed by atoms with van der Waals surface area (Å²) in [6.45, 7) is 6.72. The smallest absolute Gasteiger partial charge is 0.273 e. The van der Waals surface area contributed by atoms with Crippen LogP contribution in [0.3, 0.4) is 0 Å². The van der Waals surface area contributed by atoms with Crippen molar-refractivity contribution in [2.24, 2.45) is 0 Å². The monoisotopic (exact) mass is 531 g/mol. The van der Waals surface area contributed by atoms with Crippen molar-refractivity contribution in [1.29, 1.82) is 0 Å². The van der Waals surface area contributed by atoms with Gasteiger partial charge in [-0.05, 0) is 43.7 Å². The molecule has 33 heavy (non-hydrogen) atoms. The molecule has 2 aromatic carbocycles. The number of hydrogen-bond acceptors (Lipinski definition) is 7. The van der Waals surface area contributed by atoms with E-state index >= 15 is 0 Å². The van der Waals surface area contributed by atoms with E-state index in [-0.39, 0.29) is 5.91 Å². The van der Waals surface area contributed by atoms with Crippen LogP contribution in [0.25, 0.3) is 10.2 Å². The minimum atomic E-state index is -0.734. The molecular formula is C24H26BrN3O4S. The van der Waals surface area contributed by atoms with Crippen molar-refractivity contribution < 1.29 is 19.0 Å². The van der Waals surface area contributed by atoms with E-state index in [9.17, 15) is 4.79 Å². The molecule has 1 aromatic heterocycles. The van der Waals surface area contributed by atoms with E-state index in [2.05, 4.69) is 20.8 Å². The molecule has 3 heterocycles. The van der Waals surface area contributed by atoms with E-state index < -0.39 is 12.2 Å². The molecule has 1 amide bonds. The van der Waals surface area contributed by atoms with Crippen molar-refractivity contribution >= 4 is 48.5 Å². The Morgan fingerprint density at radius 2 is 1.94 bits per heavy atom. The zero-order valence-corrected chi connectivity index (χ0v) is 20.8. The molecule has 0 aliphatic carbocycles. The third-order valence-electron chi connectivity index (χ3n) is 5.88. The van der Waals surface area contributed by atoms with Crippen LogP contribution in [0.1, 0.15) is 13.3 Å². The quantitative estimate of drug-likeness (QED) is 0.471. The van der Waals surface area contributed by atoms with Crippen LogP contribution >= 0.6 is 27.3 Å². The number of rotatable bonds is 6. The summed E-state index contributed by atoms with van der Waals surface area (Å²) in [4.78, 5) is 22.7. The number of anilines is 1. The van der Waals surface area contributed by atoms with Gasteiger partial charge in [0.15, 0.2) is 16.6 Å². The van der Waals surface area contributed by atoms with Gasteiger partial charge in [0.05, 0.1) is 23.4 Å². The predicted octanol–water partition coefficient (Wildman–Crippen LogP) is 4.34. The summed E-state index contributed by atoms with van der Waals surface area (Å²) in [6, 6.07) is 13.4. The van der Waals surface area contributed by atoms with Crippen LogP contribution in [-0.2, 0) is 9.53 Å². The number of aromatic nitrogens is 1. The minimum Gasteiger partial charge on any atom is -0.482 e. The summed E-state index contributed by atoms with van der Waals surface area (Å²) in [5.41, 5.74) is 0.878. The molecule has 0 bridgehead atoms. The van der Waals surface area contributed by atoms with Crippen LogP contribution in [0.5, 0.6) is 11.5 Å². The van der Waals surface area contributed by atoms with Gasteiger partial charge in [-0.3, -0.25) is 14.6 Å². The lowest BCUT2D eigenvalue weighted by Gasteiger charge is -2.34. The number of fused-ring (bicyclic) bond motifs is 2. The molecule has 2 unspecified atom stereocenters. The molecule has 0 saturated carbocycles. The van der Waals surface area contributed by atoms with Gasteiger partial charge in [-0.25, -0.2) is 4.98 Å². The first-order valence-corrected chi connectivity index (χ1v) is 12.8. The Morgan fingerprint density at radius 3 is 2.73 bits per heavy atom. The highest BCUT2D eigenvalue weighted by Crippen LogP contribution is 2.36. The number of thiazole rings is 1. The second-order valence-corrected chi connectivity index (χ2v) is 10.1. The van der Waals surface area contributed by atoms with Gasteiger partial charge in [0, 0.05) is 30.7 Å². The van der Waals surface area contributed by atoms with E-state index in [1.807, 2.05) is 49.4 Å². The summed E-state index contributed by atoms with van der Waals surface area (Å²) in [6.07, 6.45) is -0.302. The molecule has 174 valence electrons. The molecule has 2 aliphatic heterocycles. The topological polar surface area (TPSA) is 64.1 Å². The van der Waals surface area contributed by atoms with E-state index in [4.69, 9.17) is 19.2 Å². The van der Waals surface area contributed by atoms with Crippen LogP contribution in [0, 0.1) is 0 Å². The van der Waals surface area contributed by atoms with Gasteiger partial charge in [0.1, 0.15) is 6.10 Å². The fourth-order valence-electron chi connectivity index (χ4n) is 4.12. The summed E-state index contributed by atoms with van der Waals surface area (Å²) < 4.78 is 19.6. The van der Waals surface area contributed by atoms with Crippen LogP contribution in [-0.4, -0.2) is 67.4 Å². The van der Waals surface area contributed by atoms with Gasteiger partial charge in [0.2, 0.25) is 6.10 Å². The molecule has 0 N–H and O–H groups in total. The van der Waals surface area contributed by atoms with E-state index in [0.717, 1.165) is 54.0 Å². The van der Waals surface area contributed by atoms with Crippen LogP contribution in [0.15, 0.2) is 46.9 Å². The minimum absolute atomic E-state index is 0.128. The van der Waals surface area contributed by atoms with Gasteiger partial charge >= 0.3 is 0 Å². The number of benzene rings is 2. The number of carbonyl (C=O) groups is 1. The number of ether oxygens (including phenoxy) is 3. The molecule has 0 spiro atoms. The second kappa shape index (κ2) is 9.97. The lowest BCUT2D eigenvalue weighted by Crippen LogP contribution is -2.51. The maximum atomic E-state index is 13.8. The molecular weight excluding hydrogens is 506 g/mol. The first kappa shape index (κ1) is 22.6. The molecule has 1 saturated heterocycles. The summed E-state index contributed by atoms with van der Waals surface area (Å²) in [5, 5.41) is 0.685. The van der Waals surface area contributed by atoms with Crippen LogP contribution in [0.4, 0.5) is 5.13 Å². The zero-order valence-electron chi connectivity index (χ0n) is 18.4. The van der Waals surface area contributed by atoms with Gasteiger partial charge in [-0.1, -0.05) is 39.4 Å². The molecule has 5 rings (SSSR count). The number of nitrogens with zero attached hydrogens (tertiary/aromatic N) is 3. The standard InChI is InChI=1S/C24H26BrN3O4S/c1-16-22(32-20-6-3-2-5-19(20)31-16)23(29)28(10-4-9-27-11-13-30-14-12-27)24-26-18-8-7-17(25)15-21(18)33-24/h2-3,5-8,15-16,22H,4,9-14H2,1H3. The molecule has 9 heteroatoms. The van der Waals surface area contributed by atoms with Crippen molar-refractivity contribution in [3.8, 4) is 11.5 Å². The fraction of sp³-hybridized carbons (Fsp3) is 0.417. The predicted molar refractivity (Wildman–Crippen MR) is 132 cm³/mol. The third-order valence-corrected chi connectivity index (χ3v) is 7.42. The van der Waals surface area contributed by atoms with Crippen LogP contribution in [0.2, 0.25) is 0 Å². The number of halogens is 1. The van der Waals surface area contributed by atoms with E-state index in [1.54, 1.807) is 4.90 Å². The summed E-state index contributed by atoms with van der Waals surface area (Å²) in [7, 11) is 0. The maximum Gasteiger partial charge on any atom is 0.273 e. The first-order valence-electron chi connectivity index (χ1n) is 11.2. The Morgan fingerprint density at radius 1 is 1.18 bits per heavy atom. The molecule has 2 atom stereocenters. The Balaban J connectivity index is 1.39. The third kappa shape index (κ3) is 5.01. The Hall–Kier alpha value is -2.20. The summed E-state index contributed by atoms with van der Waals surface area (Å²) in [5.74, 6) is 1.13. The molecule has 7 nitrogen and oxygen atoms in total. The molecule has 3 aromatic rings. The fourth-order valence-corrected chi connectivity index (χ4v) is 5.67. The van der Waals surface area contributed by atoms with Crippen molar-refractivity contribution in [2.45, 2.75) is 25.6 Å². The highest BCUT2D eigenvalue weighted by atomic mass is 79.9. The zero-order chi connectivity index (χ0) is 22.8. The van der Waals surface area contributed by atoms with Crippen molar-refractivity contribution in [3.05, 3.63) is 46.9 Å². The largest absolute Gasteiger partial charge is 0.482 e. The molecule has 1 fully saturated rings. The lowest BCUT2D eigenvalue weighted by molar-refractivity contribution is -0.130. The maximum absolute atomic E-state index is 13.8. The average Bonchev–Trinajstić information content (AvgIpc) is 3.24. The highest BCUT2D eigenvalue weighted by molar-refractivity contribution is 9.10. The van der Waals surface area contributed by atoms with E-state index in [0.29, 0.717) is 23.2 Å². The number of morpholine rings is 1. The SMILES string of the molecule is CC1Oc2ccccc2OC1C(=O)N(CCCN1CCOCC1)c1nc2ccc(Br)cc2s1. The van der Waals surface area contributed by atoms with Gasteiger partial charge in [-0.15, -0.1) is 0 Å². The number of amides is 1. The van der Waals surface area contributed by atoms with Gasteiger partial charge in [-0.2, -0.15) is 0 Å². The van der Waals surface area contributed by atoms with Crippen molar-refractivity contribution in [2.75, 3.05) is 44.3 Å². The Labute approximate surface area is 205 Å². The first-order chi connectivity index (χ1) is 16.1. The summed E-state index contributed by atoms with van der Waals surface area (Å²) >= 11 is 5.04. The van der Waals surface area contributed by atoms with Crippen LogP contribution < -0.4 is 14.4 Å². The average molecular weight is 532 g/mol. The molecule has 2 aliphatic rings. The number of para-hydroxylation sites is 2. The van der Waals surface area contributed by atoms with Gasteiger partial charge < -0.3 is 14.2 Å². The second-order valence-electron chi connectivity index (χ2n) is 8.21. The van der Waals surface area contributed by atoms with E-state index in [1.165, 1.54) is 11.3 Å². The van der Waals surface area contributed by atoms with Crippen molar-refractivity contribution in [3.63, 3.8) is 0 Å². The number of carbonyl (C=O) groups excluding carboxylic acids is 1. The number of hydrogen-bond donors (Lipinski definition) is 0.